The van der Waals surface area contributed by atoms with Crippen molar-refractivity contribution in [1.29, 1.82) is 0 Å². The van der Waals surface area contributed by atoms with Gasteiger partial charge in [0.25, 0.3) is 5.56 Å². The normalized spacial score (nSPS) is 15.5. The molecule has 0 amide bonds. The summed E-state index contributed by atoms with van der Waals surface area (Å²) < 4.78 is 44.7. The highest BCUT2D eigenvalue weighted by Gasteiger charge is 2.42. The van der Waals surface area contributed by atoms with Gasteiger partial charge in [0.2, 0.25) is 5.95 Å². The number of hydrogen-bond donors (Lipinski definition) is 2. The summed E-state index contributed by atoms with van der Waals surface area (Å²) in [6.07, 6.45) is -6.52. The zero-order valence-corrected chi connectivity index (χ0v) is 18.6. The van der Waals surface area contributed by atoms with Gasteiger partial charge in [0.05, 0.1) is 17.3 Å². The Morgan fingerprint density at radius 1 is 1.24 bits per heavy atom. The maximum atomic E-state index is 12.9. The highest BCUT2D eigenvalue weighted by Crippen LogP contribution is 2.29. The van der Waals surface area contributed by atoms with Gasteiger partial charge in [0, 0.05) is 26.2 Å². The van der Waals surface area contributed by atoms with Crippen molar-refractivity contribution in [3.63, 3.8) is 0 Å². The lowest BCUT2D eigenvalue weighted by atomic mass is 10.3. The Bertz CT molecular complexity index is 1340. The number of imidazole rings is 1. The molecule has 0 radical (unpaired) electrons. The van der Waals surface area contributed by atoms with Crippen molar-refractivity contribution in [2.24, 2.45) is 0 Å². The average Bonchev–Trinajstić information content (AvgIpc) is 3.18. The van der Waals surface area contributed by atoms with E-state index in [9.17, 15) is 27.6 Å². The molecule has 3 heterocycles. The lowest BCUT2D eigenvalue weighted by Gasteiger charge is -2.28. The molecular weight excluding hydrogens is 481 g/mol. The van der Waals surface area contributed by atoms with Gasteiger partial charge in [-0.15, -0.1) is 0 Å². The number of alkyl halides is 3. The summed E-state index contributed by atoms with van der Waals surface area (Å²) in [5.74, 6) is -2.04. The van der Waals surface area contributed by atoms with E-state index >= 15 is 0 Å². The van der Waals surface area contributed by atoms with Gasteiger partial charge >= 0.3 is 17.8 Å². The molecule has 1 aliphatic heterocycles. The van der Waals surface area contributed by atoms with Crippen LogP contribution in [0.2, 0.25) is 5.02 Å². The highest BCUT2D eigenvalue weighted by molar-refractivity contribution is 6.32. The minimum Gasteiger partial charge on any atom is -0.454 e. The minimum absolute atomic E-state index is 0.0180. The van der Waals surface area contributed by atoms with Gasteiger partial charge in [-0.1, -0.05) is 23.7 Å². The lowest BCUT2D eigenvalue weighted by molar-refractivity contribution is -0.204. The van der Waals surface area contributed by atoms with Crippen LogP contribution in [-0.2, 0) is 16.1 Å². The van der Waals surface area contributed by atoms with Crippen LogP contribution in [0.1, 0.15) is 6.92 Å². The number of ether oxygens (including phenoxy) is 1. The smallest absolute Gasteiger partial charge is 0.454 e. The number of anilines is 1. The summed E-state index contributed by atoms with van der Waals surface area (Å²) in [7, 11) is 0. The molecule has 3 aromatic rings. The molecule has 4 rings (SSSR count). The third kappa shape index (κ3) is 4.53. The number of para-hydroxylation sites is 1. The molecule has 0 aliphatic carbocycles. The second-order valence-electron chi connectivity index (χ2n) is 7.69. The molecular formula is C20H20ClF3N6O4. The van der Waals surface area contributed by atoms with Crippen LogP contribution in [0.25, 0.3) is 16.9 Å². The van der Waals surface area contributed by atoms with Crippen molar-refractivity contribution < 1.29 is 22.7 Å². The summed E-state index contributed by atoms with van der Waals surface area (Å²) in [6.45, 7) is 3.15. The fraction of sp³-hybridized carbons (Fsp3) is 0.400. The van der Waals surface area contributed by atoms with Crippen LogP contribution in [-0.4, -0.2) is 63.5 Å². The predicted molar refractivity (Wildman–Crippen MR) is 118 cm³/mol. The number of aromatic amines is 1. The summed E-state index contributed by atoms with van der Waals surface area (Å²) in [4.78, 5) is 45.4. The van der Waals surface area contributed by atoms with Gasteiger partial charge in [-0.2, -0.15) is 18.2 Å². The van der Waals surface area contributed by atoms with E-state index in [1.165, 1.54) is 11.5 Å². The Labute approximate surface area is 194 Å². The number of carbonyl (C=O) groups excluding carboxylic acids is 1. The van der Waals surface area contributed by atoms with Crippen molar-refractivity contribution in [2.45, 2.75) is 25.7 Å². The van der Waals surface area contributed by atoms with E-state index in [1.54, 1.807) is 24.3 Å². The van der Waals surface area contributed by atoms with Crippen LogP contribution in [0.15, 0.2) is 33.9 Å². The van der Waals surface area contributed by atoms with Crippen molar-refractivity contribution in [3.05, 3.63) is 50.1 Å². The zero-order valence-electron chi connectivity index (χ0n) is 17.9. The van der Waals surface area contributed by atoms with E-state index in [0.717, 1.165) is 4.57 Å². The van der Waals surface area contributed by atoms with Crippen LogP contribution in [0.5, 0.6) is 0 Å². The lowest BCUT2D eigenvalue weighted by Crippen LogP contribution is -2.44. The molecule has 0 bridgehead atoms. The first kappa shape index (κ1) is 23.8. The van der Waals surface area contributed by atoms with Crippen LogP contribution < -0.4 is 21.5 Å². The fourth-order valence-corrected chi connectivity index (χ4v) is 3.98. The van der Waals surface area contributed by atoms with Gasteiger partial charge in [-0.25, -0.2) is 9.59 Å². The van der Waals surface area contributed by atoms with E-state index in [-0.39, 0.29) is 11.2 Å². The average molecular weight is 501 g/mol. The third-order valence-electron chi connectivity index (χ3n) is 5.25. The zero-order chi connectivity index (χ0) is 24.6. The van der Waals surface area contributed by atoms with Crippen LogP contribution in [0.4, 0.5) is 19.1 Å². The maximum Gasteiger partial charge on any atom is 0.490 e. The quantitative estimate of drug-likeness (QED) is 0.509. The van der Waals surface area contributed by atoms with E-state index in [1.807, 2.05) is 4.90 Å². The molecule has 1 unspecified atom stereocenters. The number of carbonyl (C=O) groups is 1. The molecule has 1 fully saturated rings. The Kier molecular flexibility index (Phi) is 6.41. The first-order valence-electron chi connectivity index (χ1n) is 10.3. The van der Waals surface area contributed by atoms with Crippen LogP contribution >= 0.6 is 11.6 Å². The van der Waals surface area contributed by atoms with Gasteiger partial charge in [0.1, 0.15) is 6.10 Å². The molecule has 1 aliphatic rings. The fourth-order valence-electron chi connectivity index (χ4n) is 3.76. The molecule has 0 spiro atoms. The molecule has 14 heteroatoms. The van der Waals surface area contributed by atoms with Gasteiger partial charge in [-0.05, 0) is 19.1 Å². The second-order valence-corrected chi connectivity index (χ2v) is 8.10. The van der Waals surface area contributed by atoms with E-state index in [4.69, 9.17) is 11.6 Å². The number of halogens is 4. The molecule has 1 aromatic carbocycles. The summed E-state index contributed by atoms with van der Waals surface area (Å²) >= 11 is 6.41. The van der Waals surface area contributed by atoms with Crippen molar-refractivity contribution in [2.75, 3.05) is 31.1 Å². The second kappa shape index (κ2) is 9.14. The first-order valence-corrected chi connectivity index (χ1v) is 10.7. The number of hydrogen-bond acceptors (Lipinski definition) is 7. The SMILES string of the molecule is CC(Cn1c(=O)[nH]c(=O)c2c1nc(N1CCNCC1)n2-c1ccccc1Cl)OC(=O)C(F)(F)F. The molecule has 10 nitrogen and oxygen atoms in total. The topological polar surface area (TPSA) is 114 Å². The first-order chi connectivity index (χ1) is 16.1. The van der Waals surface area contributed by atoms with Gasteiger partial charge in [-0.3, -0.25) is 18.9 Å². The Hall–Kier alpha value is -3.32. The molecule has 2 N–H and O–H groups in total. The number of fused-ring (bicyclic) bond motifs is 1. The van der Waals surface area contributed by atoms with E-state index < -0.39 is 36.0 Å². The molecule has 182 valence electrons. The largest absolute Gasteiger partial charge is 0.490 e. The number of nitrogens with one attached hydrogen (secondary N) is 2. The Morgan fingerprint density at radius 3 is 2.56 bits per heavy atom. The number of H-pyrrole nitrogens is 1. The van der Waals surface area contributed by atoms with E-state index in [2.05, 4.69) is 20.0 Å². The summed E-state index contributed by atoms with van der Waals surface area (Å²) in [5.41, 5.74) is -1.30. The summed E-state index contributed by atoms with van der Waals surface area (Å²) in [6, 6.07) is 6.74. The van der Waals surface area contributed by atoms with Crippen LogP contribution in [0, 0.1) is 0 Å². The molecule has 1 atom stereocenters. The van der Waals surface area contributed by atoms with E-state index in [0.29, 0.717) is 42.8 Å². The Morgan fingerprint density at radius 2 is 1.91 bits per heavy atom. The standard InChI is InChI=1S/C20H20ClF3N6O4/c1-11(34-17(32)20(22,23)24)10-29-15-14(16(31)27-19(29)33)30(13-5-3-2-4-12(13)21)18(26-15)28-8-6-25-7-9-28/h2-5,11,25H,6-10H2,1H3,(H,27,31,33). The van der Waals surface area contributed by atoms with Crippen molar-refractivity contribution in [1.82, 2.24) is 24.4 Å². The third-order valence-corrected chi connectivity index (χ3v) is 5.57. The maximum absolute atomic E-state index is 12.9. The number of piperazine rings is 1. The summed E-state index contributed by atoms with van der Waals surface area (Å²) in [5, 5.41) is 3.53. The number of esters is 1. The van der Waals surface area contributed by atoms with Crippen LogP contribution in [0.3, 0.4) is 0 Å². The van der Waals surface area contributed by atoms with Gasteiger partial charge in [0.15, 0.2) is 11.2 Å². The number of aromatic nitrogens is 4. The monoisotopic (exact) mass is 500 g/mol. The van der Waals surface area contributed by atoms with Crippen molar-refractivity contribution >= 4 is 34.7 Å². The molecule has 2 aromatic heterocycles. The van der Waals surface area contributed by atoms with Crippen molar-refractivity contribution in [3.8, 4) is 5.69 Å². The minimum atomic E-state index is -5.18. The molecule has 34 heavy (non-hydrogen) atoms. The number of benzene rings is 1. The van der Waals surface area contributed by atoms with Gasteiger partial charge < -0.3 is 15.0 Å². The molecule has 0 saturated carbocycles. The highest BCUT2D eigenvalue weighted by atomic mass is 35.5. The number of nitrogens with zero attached hydrogens (tertiary/aromatic N) is 4. The Balaban J connectivity index is 1.89. The molecule has 1 saturated heterocycles. The number of rotatable bonds is 5. The predicted octanol–water partition coefficient (Wildman–Crippen LogP) is 1.43.